The largest absolute Gasteiger partial charge is 0.355 e. The van der Waals surface area contributed by atoms with Crippen molar-refractivity contribution in [2.24, 2.45) is 0 Å². The predicted molar refractivity (Wildman–Crippen MR) is 108 cm³/mol. The zero-order chi connectivity index (χ0) is 19.5. The molecule has 2 N–H and O–H groups in total. The van der Waals surface area contributed by atoms with Crippen LogP contribution in [0.5, 0.6) is 0 Å². The highest BCUT2D eigenvalue weighted by molar-refractivity contribution is 8.03. The van der Waals surface area contributed by atoms with Crippen LogP contribution in [-0.4, -0.2) is 46.6 Å². The average molecular weight is 429 g/mol. The summed E-state index contributed by atoms with van der Waals surface area (Å²) in [6.45, 7) is 3.17. The number of benzene rings is 1. The molecular formula is C17H21FN4O2S3. The van der Waals surface area contributed by atoms with Gasteiger partial charge in [0, 0.05) is 13.1 Å². The summed E-state index contributed by atoms with van der Waals surface area (Å²) in [7, 11) is 0. The van der Waals surface area contributed by atoms with E-state index in [4.69, 9.17) is 0 Å². The van der Waals surface area contributed by atoms with Crippen LogP contribution in [0.25, 0.3) is 0 Å². The Morgan fingerprint density at radius 1 is 1.00 bits per heavy atom. The van der Waals surface area contributed by atoms with E-state index in [1.165, 1.54) is 47.0 Å². The number of rotatable bonds is 11. The third-order valence-electron chi connectivity index (χ3n) is 3.26. The standard InChI is InChI=1S/C17H21FN4O2S3/c1-2-8-19-14(23)10-25-16-21-22-17(27-16)26-11-15(24)20-9-7-12-3-5-13(18)6-4-12/h3-6H,2,7-11H2,1H3,(H,19,23)(H,20,24). The maximum absolute atomic E-state index is 12.8. The minimum absolute atomic E-state index is 0.0215. The quantitative estimate of drug-likeness (QED) is 0.536. The summed E-state index contributed by atoms with van der Waals surface area (Å²) in [6, 6.07) is 6.23. The molecule has 6 nitrogen and oxygen atoms in total. The molecule has 0 bridgehead atoms. The summed E-state index contributed by atoms with van der Waals surface area (Å²) in [5.74, 6) is 0.177. The van der Waals surface area contributed by atoms with Crippen molar-refractivity contribution < 1.29 is 14.0 Å². The van der Waals surface area contributed by atoms with Gasteiger partial charge in [-0.3, -0.25) is 9.59 Å². The number of halogens is 1. The van der Waals surface area contributed by atoms with Crippen LogP contribution in [0.2, 0.25) is 0 Å². The van der Waals surface area contributed by atoms with Gasteiger partial charge in [0.2, 0.25) is 11.8 Å². The predicted octanol–water partition coefficient (Wildman–Crippen LogP) is 2.75. The van der Waals surface area contributed by atoms with Crippen molar-refractivity contribution in [3.8, 4) is 0 Å². The zero-order valence-corrected chi connectivity index (χ0v) is 17.3. The van der Waals surface area contributed by atoms with Gasteiger partial charge in [0.25, 0.3) is 0 Å². The third-order valence-corrected chi connectivity index (χ3v) is 6.45. The summed E-state index contributed by atoms with van der Waals surface area (Å²) < 4.78 is 14.2. The monoisotopic (exact) mass is 428 g/mol. The number of hydrogen-bond acceptors (Lipinski definition) is 7. The molecule has 2 aromatic rings. The molecule has 0 saturated carbocycles. The first-order chi connectivity index (χ1) is 13.1. The van der Waals surface area contributed by atoms with E-state index >= 15 is 0 Å². The van der Waals surface area contributed by atoms with Crippen molar-refractivity contribution >= 4 is 46.7 Å². The Kier molecular flexibility index (Phi) is 9.57. The summed E-state index contributed by atoms with van der Waals surface area (Å²) in [4.78, 5) is 23.5. The molecular weight excluding hydrogens is 407 g/mol. The van der Waals surface area contributed by atoms with Crippen LogP contribution in [0.4, 0.5) is 4.39 Å². The van der Waals surface area contributed by atoms with E-state index < -0.39 is 0 Å². The molecule has 0 radical (unpaired) electrons. The molecule has 0 unspecified atom stereocenters. The minimum Gasteiger partial charge on any atom is -0.355 e. The van der Waals surface area contributed by atoms with Crippen molar-refractivity contribution in [3.05, 3.63) is 35.6 Å². The van der Waals surface area contributed by atoms with Gasteiger partial charge in [-0.15, -0.1) is 10.2 Å². The highest BCUT2D eigenvalue weighted by Gasteiger charge is 2.10. The Morgan fingerprint density at radius 2 is 1.56 bits per heavy atom. The molecule has 27 heavy (non-hydrogen) atoms. The van der Waals surface area contributed by atoms with Gasteiger partial charge in [-0.05, 0) is 30.5 Å². The topological polar surface area (TPSA) is 84.0 Å². The molecule has 0 spiro atoms. The van der Waals surface area contributed by atoms with Gasteiger partial charge >= 0.3 is 0 Å². The Bertz CT molecular complexity index is 740. The van der Waals surface area contributed by atoms with Crippen LogP contribution >= 0.6 is 34.9 Å². The molecule has 0 saturated heterocycles. The smallest absolute Gasteiger partial charge is 0.230 e. The van der Waals surface area contributed by atoms with Gasteiger partial charge in [0.1, 0.15) is 5.82 Å². The van der Waals surface area contributed by atoms with E-state index in [1.54, 1.807) is 12.1 Å². The lowest BCUT2D eigenvalue weighted by Gasteiger charge is -2.04. The maximum atomic E-state index is 12.8. The number of amides is 2. The lowest BCUT2D eigenvalue weighted by Crippen LogP contribution is -2.27. The van der Waals surface area contributed by atoms with Gasteiger partial charge in [0.15, 0.2) is 8.68 Å². The van der Waals surface area contributed by atoms with Crippen LogP contribution in [-0.2, 0) is 16.0 Å². The first-order valence-electron chi connectivity index (χ1n) is 8.43. The molecule has 1 aromatic heterocycles. The van der Waals surface area contributed by atoms with Gasteiger partial charge < -0.3 is 10.6 Å². The first-order valence-corrected chi connectivity index (χ1v) is 11.2. The number of carbonyl (C=O) groups is 2. The maximum Gasteiger partial charge on any atom is 0.230 e. The Labute approximate surface area is 170 Å². The molecule has 1 aromatic carbocycles. The van der Waals surface area contributed by atoms with E-state index in [9.17, 15) is 14.0 Å². The number of carbonyl (C=O) groups excluding carboxylic acids is 2. The van der Waals surface area contributed by atoms with E-state index in [0.717, 1.165) is 12.0 Å². The molecule has 10 heteroatoms. The number of aromatic nitrogens is 2. The average Bonchev–Trinajstić information content (AvgIpc) is 3.12. The Morgan fingerprint density at radius 3 is 2.11 bits per heavy atom. The molecule has 0 aliphatic heterocycles. The number of nitrogens with one attached hydrogen (secondary N) is 2. The third kappa shape index (κ3) is 8.72. The molecule has 0 atom stereocenters. The Balaban J connectivity index is 1.63. The molecule has 1 heterocycles. The van der Waals surface area contributed by atoms with Gasteiger partial charge in [-0.25, -0.2) is 4.39 Å². The van der Waals surface area contributed by atoms with Crippen LogP contribution in [0.1, 0.15) is 18.9 Å². The second-order valence-electron chi connectivity index (χ2n) is 5.49. The van der Waals surface area contributed by atoms with E-state index in [0.29, 0.717) is 33.9 Å². The fraction of sp³-hybridized carbons (Fsp3) is 0.412. The van der Waals surface area contributed by atoms with Gasteiger partial charge in [-0.2, -0.15) is 0 Å². The van der Waals surface area contributed by atoms with Crippen molar-refractivity contribution in [1.29, 1.82) is 0 Å². The second kappa shape index (κ2) is 11.9. The zero-order valence-electron chi connectivity index (χ0n) is 14.9. The van der Waals surface area contributed by atoms with Crippen LogP contribution in [0, 0.1) is 5.82 Å². The van der Waals surface area contributed by atoms with Crippen molar-refractivity contribution in [3.63, 3.8) is 0 Å². The summed E-state index contributed by atoms with van der Waals surface area (Å²) in [5, 5.41) is 13.7. The summed E-state index contributed by atoms with van der Waals surface area (Å²) >= 11 is 4.02. The number of hydrogen-bond donors (Lipinski definition) is 2. The molecule has 0 aliphatic rings. The molecule has 2 amide bonds. The normalized spacial score (nSPS) is 10.6. The molecule has 0 fully saturated rings. The lowest BCUT2D eigenvalue weighted by molar-refractivity contribution is -0.119. The van der Waals surface area contributed by atoms with E-state index in [2.05, 4.69) is 20.8 Å². The van der Waals surface area contributed by atoms with Gasteiger partial charge in [0.05, 0.1) is 11.5 Å². The van der Waals surface area contributed by atoms with Gasteiger partial charge in [-0.1, -0.05) is 53.9 Å². The second-order valence-corrected chi connectivity index (χ2v) is 8.91. The van der Waals surface area contributed by atoms with Crippen molar-refractivity contribution in [2.75, 3.05) is 24.6 Å². The highest BCUT2D eigenvalue weighted by Crippen LogP contribution is 2.28. The molecule has 146 valence electrons. The fourth-order valence-corrected chi connectivity index (χ4v) is 4.61. The van der Waals surface area contributed by atoms with E-state index in [1.807, 2.05) is 6.92 Å². The number of thioether (sulfide) groups is 2. The van der Waals surface area contributed by atoms with Crippen LogP contribution in [0.15, 0.2) is 32.9 Å². The van der Waals surface area contributed by atoms with Crippen molar-refractivity contribution in [1.82, 2.24) is 20.8 Å². The van der Waals surface area contributed by atoms with Crippen LogP contribution < -0.4 is 10.6 Å². The van der Waals surface area contributed by atoms with E-state index in [-0.39, 0.29) is 23.4 Å². The number of nitrogens with zero attached hydrogens (tertiary/aromatic N) is 2. The van der Waals surface area contributed by atoms with Crippen LogP contribution in [0.3, 0.4) is 0 Å². The molecule has 0 aliphatic carbocycles. The molecule has 2 rings (SSSR count). The minimum atomic E-state index is -0.268. The summed E-state index contributed by atoms with van der Waals surface area (Å²) in [6.07, 6.45) is 1.55. The highest BCUT2D eigenvalue weighted by atomic mass is 32.2. The first kappa shape index (κ1) is 21.6. The van der Waals surface area contributed by atoms with Crippen molar-refractivity contribution in [2.45, 2.75) is 28.4 Å². The Hall–Kier alpha value is -1.65. The lowest BCUT2D eigenvalue weighted by atomic mass is 10.1. The fourth-order valence-electron chi connectivity index (χ4n) is 1.93. The summed E-state index contributed by atoms with van der Waals surface area (Å²) in [5.41, 5.74) is 0.970. The SMILES string of the molecule is CCCNC(=O)CSc1nnc(SCC(=O)NCCc2ccc(F)cc2)s1.